The predicted octanol–water partition coefficient (Wildman–Crippen LogP) is 4.50. The van der Waals surface area contributed by atoms with Crippen LogP contribution in [0.3, 0.4) is 0 Å². The van der Waals surface area contributed by atoms with Gasteiger partial charge in [-0.15, -0.1) is 24.0 Å². The van der Waals surface area contributed by atoms with Gasteiger partial charge in [0.15, 0.2) is 5.96 Å². The highest BCUT2D eigenvalue weighted by Gasteiger charge is 2.08. The van der Waals surface area contributed by atoms with Crippen molar-refractivity contribution in [3.63, 3.8) is 0 Å². The van der Waals surface area contributed by atoms with Gasteiger partial charge in [0.05, 0.1) is 7.11 Å². The van der Waals surface area contributed by atoms with Gasteiger partial charge < -0.3 is 20.3 Å². The van der Waals surface area contributed by atoms with Crippen LogP contribution in [0.25, 0.3) is 11.4 Å². The molecular weight excluding hydrogens is 481 g/mol. The van der Waals surface area contributed by atoms with E-state index in [0.717, 1.165) is 42.7 Å². The zero-order valence-electron chi connectivity index (χ0n) is 16.4. The number of anilines is 1. The molecule has 3 rings (SSSR count). The third-order valence-electron chi connectivity index (χ3n) is 4.19. The third-order valence-corrected chi connectivity index (χ3v) is 4.19. The van der Waals surface area contributed by atoms with Crippen molar-refractivity contribution in [3.8, 4) is 17.1 Å². The number of nitrogens with two attached hydrogens (primary N) is 1. The Bertz CT molecular complexity index is 882. The summed E-state index contributed by atoms with van der Waals surface area (Å²) in [5.41, 5.74) is 7.73. The molecular formula is C21H26IN5O2. The summed E-state index contributed by atoms with van der Waals surface area (Å²) in [4.78, 5) is 8.80. The van der Waals surface area contributed by atoms with E-state index in [1.807, 2.05) is 54.6 Å². The lowest BCUT2D eigenvalue weighted by Gasteiger charge is -2.04. The monoisotopic (exact) mass is 507 g/mol. The van der Waals surface area contributed by atoms with Gasteiger partial charge in [0.2, 0.25) is 11.7 Å². The fraction of sp³-hybridized carbons (Fsp3) is 0.286. The highest BCUT2D eigenvalue weighted by atomic mass is 127. The molecule has 0 amide bonds. The molecule has 0 bridgehead atoms. The topological polar surface area (TPSA) is 98.6 Å². The first-order chi connectivity index (χ1) is 13.7. The number of nitrogens with one attached hydrogen (secondary N) is 1. The van der Waals surface area contributed by atoms with Crippen molar-refractivity contribution in [1.29, 1.82) is 0 Å². The Labute approximate surface area is 187 Å². The molecule has 1 aromatic heterocycles. The summed E-state index contributed by atoms with van der Waals surface area (Å²) in [7, 11) is 1.64. The Morgan fingerprint density at radius 2 is 1.83 bits per heavy atom. The van der Waals surface area contributed by atoms with Crippen molar-refractivity contribution in [1.82, 2.24) is 10.1 Å². The maximum atomic E-state index is 5.89. The molecule has 0 saturated heterocycles. The van der Waals surface area contributed by atoms with Crippen LogP contribution in [0.2, 0.25) is 0 Å². The zero-order chi connectivity index (χ0) is 19.6. The Kier molecular flexibility index (Phi) is 9.42. The molecule has 8 heteroatoms. The molecule has 7 nitrogen and oxygen atoms in total. The second-order valence-corrected chi connectivity index (χ2v) is 6.31. The van der Waals surface area contributed by atoms with Crippen LogP contribution in [0, 0.1) is 0 Å². The van der Waals surface area contributed by atoms with Gasteiger partial charge in [0, 0.05) is 24.2 Å². The van der Waals surface area contributed by atoms with Crippen molar-refractivity contribution in [2.75, 3.05) is 19.0 Å². The zero-order valence-corrected chi connectivity index (χ0v) is 18.7. The van der Waals surface area contributed by atoms with Crippen molar-refractivity contribution in [3.05, 3.63) is 60.5 Å². The molecule has 0 fully saturated rings. The van der Waals surface area contributed by atoms with Gasteiger partial charge >= 0.3 is 0 Å². The number of benzene rings is 2. The maximum absolute atomic E-state index is 5.89. The molecule has 0 aliphatic rings. The average Bonchev–Trinajstić information content (AvgIpc) is 3.20. The molecule has 3 N–H and O–H groups in total. The first-order valence-corrected chi connectivity index (χ1v) is 9.33. The van der Waals surface area contributed by atoms with Gasteiger partial charge in [-0.3, -0.25) is 4.99 Å². The van der Waals surface area contributed by atoms with Crippen LogP contribution in [-0.4, -0.2) is 29.8 Å². The van der Waals surface area contributed by atoms with E-state index >= 15 is 0 Å². The van der Waals surface area contributed by atoms with E-state index in [0.29, 0.717) is 24.2 Å². The summed E-state index contributed by atoms with van der Waals surface area (Å²) in [6, 6.07) is 17.4. The van der Waals surface area contributed by atoms with Crippen molar-refractivity contribution in [2.24, 2.45) is 10.7 Å². The number of hydrogen-bond donors (Lipinski definition) is 2. The van der Waals surface area contributed by atoms with Crippen LogP contribution in [0.4, 0.5) is 5.69 Å². The second-order valence-electron chi connectivity index (χ2n) is 6.31. The van der Waals surface area contributed by atoms with Crippen LogP contribution in [0.15, 0.2) is 64.1 Å². The predicted molar refractivity (Wildman–Crippen MR) is 126 cm³/mol. The number of aromatic nitrogens is 2. The molecule has 0 atom stereocenters. The van der Waals surface area contributed by atoms with Crippen LogP contribution < -0.4 is 15.8 Å². The molecule has 3 aromatic rings. The number of aliphatic imine (C=N–C) groups is 1. The van der Waals surface area contributed by atoms with E-state index in [4.69, 9.17) is 15.0 Å². The largest absolute Gasteiger partial charge is 0.497 e. The molecule has 0 radical (unpaired) electrons. The number of halogens is 1. The van der Waals surface area contributed by atoms with Gasteiger partial charge in [-0.1, -0.05) is 29.8 Å². The number of hydrogen-bond acceptors (Lipinski definition) is 5. The Morgan fingerprint density at radius 3 is 2.55 bits per heavy atom. The molecule has 0 aliphatic carbocycles. The van der Waals surface area contributed by atoms with Crippen molar-refractivity contribution in [2.45, 2.75) is 25.7 Å². The van der Waals surface area contributed by atoms with Crippen molar-refractivity contribution < 1.29 is 9.26 Å². The lowest BCUT2D eigenvalue weighted by atomic mass is 10.2. The summed E-state index contributed by atoms with van der Waals surface area (Å²) in [5, 5.41) is 7.12. The number of methoxy groups -OCH3 is 1. The number of nitrogens with zero attached hydrogens (tertiary/aromatic N) is 3. The lowest BCUT2D eigenvalue weighted by Crippen LogP contribution is -2.22. The number of unbranched alkanes of at least 4 members (excludes halogenated alkanes) is 2. The average molecular weight is 507 g/mol. The minimum absolute atomic E-state index is 0. The summed E-state index contributed by atoms with van der Waals surface area (Å²) in [6.45, 7) is 0.687. The van der Waals surface area contributed by atoms with E-state index in [-0.39, 0.29) is 24.0 Å². The normalized spacial score (nSPS) is 11.0. The van der Waals surface area contributed by atoms with Gasteiger partial charge in [0.1, 0.15) is 5.75 Å². The standard InChI is InChI=1S/C21H25N5O2.HI/c1-27-18-13-11-16(12-14-18)20-25-19(28-26-20)10-6-3-7-15-23-21(22)24-17-8-4-2-5-9-17;/h2,4-5,8-9,11-14H,3,6-7,10,15H2,1H3,(H3,22,23,24);1H. The summed E-state index contributed by atoms with van der Waals surface area (Å²) < 4.78 is 10.5. The molecule has 2 aromatic carbocycles. The minimum Gasteiger partial charge on any atom is -0.497 e. The first kappa shape index (κ1) is 22.7. The fourth-order valence-electron chi connectivity index (χ4n) is 2.69. The number of aryl methyl sites for hydroxylation is 1. The molecule has 154 valence electrons. The fourth-order valence-corrected chi connectivity index (χ4v) is 2.69. The highest BCUT2D eigenvalue weighted by Crippen LogP contribution is 2.20. The maximum Gasteiger partial charge on any atom is 0.226 e. The van der Waals surface area contributed by atoms with Gasteiger partial charge in [-0.25, -0.2) is 0 Å². The van der Waals surface area contributed by atoms with Crippen LogP contribution in [-0.2, 0) is 6.42 Å². The van der Waals surface area contributed by atoms with Crippen LogP contribution in [0.5, 0.6) is 5.75 Å². The number of rotatable bonds is 9. The highest BCUT2D eigenvalue weighted by molar-refractivity contribution is 14.0. The third kappa shape index (κ3) is 7.37. The van der Waals surface area contributed by atoms with E-state index < -0.39 is 0 Å². The number of para-hydroxylation sites is 1. The molecule has 0 unspecified atom stereocenters. The molecule has 0 spiro atoms. The molecule has 29 heavy (non-hydrogen) atoms. The SMILES string of the molecule is COc1ccc(-c2noc(CCCCCN=C(N)Nc3ccccc3)n2)cc1.I. The number of ether oxygens (including phenoxy) is 1. The Morgan fingerprint density at radius 1 is 1.07 bits per heavy atom. The first-order valence-electron chi connectivity index (χ1n) is 9.33. The Balaban J connectivity index is 0.00000300. The molecule has 0 aliphatic heterocycles. The van der Waals surface area contributed by atoms with Gasteiger partial charge in [-0.2, -0.15) is 4.98 Å². The van der Waals surface area contributed by atoms with E-state index in [9.17, 15) is 0 Å². The lowest BCUT2D eigenvalue weighted by molar-refractivity contribution is 0.374. The van der Waals surface area contributed by atoms with Gasteiger partial charge in [-0.05, 0) is 49.2 Å². The van der Waals surface area contributed by atoms with Crippen LogP contribution >= 0.6 is 24.0 Å². The summed E-state index contributed by atoms with van der Waals surface area (Å²) in [5.74, 6) is 2.49. The number of guanidine groups is 1. The minimum atomic E-state index is 0. The van der Waals surface area contributed by atoms with Crippen LogP contribution in [0.1, 0.15) is 25.2 Å². The van der Waals surface area contributed by atoms with E-state index in [1.165, 1.54) is 0 Å². The summed E-state index contributed by atoms with van der Waals surface area (Å²) >= 11 is 0. The smallest absolute Gasteiger partial charge is 0.226 e. The summed E-state index contributed by atoms with van der Waals surface area (Å²) in [6.07, 6.45) is 3.69. The van der Waals surface area contributed by atoms with Gasteiger partial charge in [0.25, 0.3) is 0 Å². The van der Waals surface area contributed by atoms with E-state index in [2.05, 4.69) is 20.4 Å². The Hall–Kier alpha value is -2.62. The second kappa shape index (κ2) is 12.1. The molecule has 1 heterocycles. The quantitative estimate of drug-likeness (QED) is 0.192. The molecule has 0 saturated carbocycles. The van der Waals surface area contributed by atoms with Crippen molar-refractivity contribution >= 4 is 35.6 Å². The van der Waals surface area contributed by atoms with E-state index in [1.54, 1.807) is 7.11 Å².